The number of benzene rings is 1. The number of nitrogens with zero attached hydrogens (tertiary/aromatic N) is 4. The molecule has 0 spiro atoms. The van der Waals surface area contributed by atoms with Crippen LogP contribution >= 0.6 is 0 Å². The molecule has 3 aromatic rings. The number of nitrogens with two attached hydrogens (primary N) is 1. The summed E-state index contributed by atoms with van der Waals surface area (Å²) in [6.45, 7) is 0. The van der Waals surface area contributed by atoms with Crippen LogP contribution in [0.4, 0.5) is 5.82 Å². The highest BCUT2D eigenvalue weighted by molar-refractivity contribution is 5.58. The van der Waals surface area contributed by atoms with Gasteiger partial charge in [0.2, 0.25) is 0 Å². The highest BCUT2D eigenvalue weighted by Gasteiger charge is 2.05. The van der Waals surface area contributed by atoms with Crippen molar-refractivity contribution in [1.82, 2.24) is 20.0 Å². The minimum atomic E-state index is 0.527. The molecule has 3 N–H and O–H groups in total. The number of aromatic nitrogens is 4. The normalized spacial score (nSPS) is 10.4. The lowest BCUT2D eigenvalue weighted by atomic mass is 10.2. The highest BCUT2D eigenvalue weighted by atomic mass is 15.3. The summed E-state index contributed by atoms with van der Waals surface area (Å²) in [6, 6.07) is 13.5. The van der Waals surface area contributed by atoms with Gasteiger partial charge in [-0.25, -0.2) is 10.5 Å². The van der Waals surface area contributed by atoms with Crippen LogP contribution in [0.2, 0.25) is 0 Å². The first-order valence-corrected chi connectivity index (χ1v) is 5.77. The summed E-state index contributed by atoms with van der Waals surface area (Å²) in [7, 11) is 0. The molecule has 0 aliphatic rings. The second-order valence-electron chi connectivity index (χ2n) is 3.96. The zero-order valence-electron chi connectivity index (χ0n) is 10.1. The molecular formula is C13H12N6. The maximum atomic E-state index is 5.25. The van der Waals surface area contributed by atoms with Gasteiger partial charge in [-0.15, -0.1) is 10.2 Å². The molecule has 6 heteroatoms. The Morgan fingerprint density at radius 2 is 1.84 bits per heavy atom. The first-order chi connectivity index (χ1) is 9.36. The van der Waals surface area contributed by atoms with Crippen molar-refractivity contribution in [2.75, 3.05) is 5.43 Å². The molecule has 2 heterocycles. The lowest BCUT2D eigenvalue weighted by molar-refractivity contribution is 0.880. The molecule has 1 aromatic carbocycles. The fraction of sp³-hybridized carbons (Fsp3) is 0. The molecule has 0 unspecified atom stereocenters. The second-order valence-corrected chi connectivity index (χ2v) is 3.96. The van der Waals surface area contributed by atoms with Gasteiger partial charge in [0.1, 0.15) is 0 Å². The van der Waals surface area contributed by atoms with E-state index in [1.165, 1.54) is 0 Å². The third-order valence-corrected chi connectivity index (χ3v) is 2.71. The van der Waals surface area contributed by atoms with Crippen LogP contribution in [0.15, 0.2) is 54.9 Å². The molecule has 2 aromatic heterocycles. The summed E-state index contributed by atoms with van der Waals surface area (Å²) in [5, 5.41) is 12.3. The van der Waals surface area contributed by atoms with Crippen molar-refractivity contribution in [1.29, 1.82) is 0 Å². The van der Waals surface area contributed by atoms with Gasteiger partial charge in [0.25, 0.3) is 0 Å². The van der Waals surface area contributed by atoms with Gasteiger partial charge in [-0.1, -0.05) is 18.2 Å². The Balaban J connectivity index is 1.92. The Bertz CT molecular complexity index is 659. The molecule has 19 heavy (non-hydrogen) atoms. The van der Waals surface area contributed by atoms with E-state index in [2.05, 4.69) is 20.7 Å². The molecule has 0 saturated carbocycles. The van der Waals surface area contributed by atoms with E-state index in [-0.39, 0.29) is 0 Å². The summed E-state index contributed by atoms with van der Waals surface area (Å²) >= 11 is 0. The van der Waals surface area contributed by atoms with Gasteiger partial charge < -0.3 is 5.43 Å². The van der Waals surface area contributed by atoms with Crippen LogP contribution in [-0.2, 0) is 0 Å². The summed E-state index contributed by atoms with van der Waals surface area (Å²) < 4.78 is 1.80. The van der Waals surface area contributed by atoms with Crippen molar-refractivity contribution in [2.24, 2.45) is 5.84 Å². The third-order valence-electron chi connectivity index (χ3n) is 2.71. The smallest absolute Gasteiger partial charge is 0.162 e. The van der Waals surface area contributed by atoms with E-state index in [9.17, 15) is 0 Å². The Labute approximate surface area is 109 Å². The molecule has 6 nitrogen and oxygen atoms in total. The number of para-hydroxylation sites is 1. The van der Waals surface area contributed by atoms with Gasteiger partial charge in [-0.05, 0) is 24.3 Å². The van der Waals surface area contributed by atoms with Crippen LogP contribution in [0.5, 0.6) is 0 Å². The molecule has 0 aliphatic heterocycles. The summed E-state index contributed by atoms with van der Waals surface area (Å²) in [4.78, 5) is 0. The topological polar surface area (TPSA) is 81.6 Å². The molecule has 0 fully saturated rings. The number of hydrogen-bond donors (Lipinski definition) is 2. The van der Waals surface area contributed by atoms with Gasteiger partial charge in [0.05, 0.1) is 17.6 Å². The minimum Gasteiger partial charge on any atom is -0.307 e. The van der Waals surface area contributed by atoms with E-state index in [0.29, 0.717) is 5.82 Å². The SMILES string of the molecule is NNc1ccc(-c2cnn(-c3ccccc3)c2)nn1. The van der Waals surface area contributed by atoms with Crippen LogP contribution in [-0.4, -0.2) is 20.0 Å². The van der Waals surface area contributed by atoms with E-state index in [4.69, 9.17) is 5.84 Å². The Morgan fingerprint density at radius 3 is 2.53 bits per heavy atom. The second kappa shape index (κ2) is 4.87. The number of nitrogen functional groups attached to an aromatic ring is 1. The van der Waals surface area contributed by atoms with Crippen molar-refractivity contribution >= 4 is 5.82 Å². The Hall–Kier alpha value is -2.73. The zero-order valence-corrected chi connectivity index (χ0v) is 10.1. The molecule has 3 rings (SSSR count). The summed E-state index contributed by atoms with van der Waals surface area (Å²) in [5.41, 5.74) is 5.10. The summed E-state index contributed by atoms with van der Waals surface area (Å²) in [6.07, 6.45) is 3.67. The van der Waals surface area contributed by atoms with E-state index >= 15 is 0 Å². The molecule has 0 radical (unpaired) electrons. The number of hydrazine groups is 1. The fourth-order valence-corrected chi connectivity index (χ4v) is 1.74. The predicted octanol–water partition coefficient (Wildman–Crippen LogP) is 1.61. The van der Waals surface area contributed by atoms with Gasteiger partial charge >= 0.3 is 0 Å². The average molecular weight is 252 g/mol. The van der Waals surface area contributed by atoms with Crippen molar-refractivity contribution < 1.29 is 0 Å². The maximum absolute atomic E-state index is 5.25. The molecular weight excluding hydrogens is 240 g/mol. The van der Waals surface area contributed by atoms with E-state index in [1.54, 1.807) is 16.9 Å². The molecule has 0 amide bonds. The highest BCUT2D eigenvalue weighted by Crippen LogP contribution is 2.17. The van der Waals surface area contributed by atoms with E-state index < -0.39 is 0 Å². The van der Waals surface area contributed by atoms with Crippen molar-refractivity contribution in [2.45, 2.75) is 0 Å². The zero-order chi connectivity index (χ0) is 13.1. The summed E-state index contributed by atoms with van der Waals surface area (Å²) in [5.74, 6) is 5.78. The van der Waals surface area contributed by atoms with Gasteiger partial charge in [0.15, 0.2) is 5.82 Å². The average Bonchev–Trinajstić information content (AvgIpc) is 2.98. The monoisotopic (exact) mass is 252 g/mol. The lowest BCUT2D eigenvalue weighted by Crippen LogP contribution is -2.08. The third kappa shape index (κ3) is 2.29. The van der Waals surface area contributed by atoms with Gasteiger partial charge in [0, 0.05) is 11.8 Å². The standard InChI is InChI=1S/C13H12N6/c14-16-13-7-6-12(17-18-13)10-8-15-19(9-10)11-4-2-1-3-5-11/h1-9H,14H2,(H,16,18). The van der Waals surface area contributed by atoms with Crippen molar-refractivity contribution in [3.05, 3.63) is 54.9 Å². The van der Waals surface area contributed by atoms with Crippen LogP contribution in [0.25, 0.3) is 16.9 Å². The number of anilines is 1. The van der Waals surface area contributed by atoms with E-state index in [1.807, 2.05) is 42.6 Å². The molecule has 0 bridgehead atoms. The van der Waals surface area contributed by atoms with Crippen LogP contribution in [0.1, 0.15) is 0 Å². The fourth-order valence-electron chi connectivity index (χ4n) is 1.74. The van der Waals surface area contributed by atoms with E-state index in [0.717, 1.165) is 16.9 Å². The number of hydrogen-bond acceptors (Lipinski definition) is 5. The van der Waals surface area contributed by atoms with Crippen molar-refractivity contribution in [3.63, 3.8) is 0 Å². The molecule has 94 valence electrons. The van der Waals surface area contributed by atoms with Crippen LogP contribution in [0, 0.1) is 0 Å². The largest absolute Gasteiger partial charge is 0.307 e. The Morgan fingerprint density at radius 1 is 1.00 bits per heavy atom. The van der Waals surface area contributed by atoms with Crippen LogP contribution < -0.4 is 11.3 Å². The lowest BCUT2D eigenvalue weighted by Gasteiger charge is -2.00. The Kier molecular flexibility index (Phi) is 2.91. The number of nitrogens with one attached hydrogen (secondary N) is 1. The van der Waals surface area contributed by atoms with Crippen LogP contribution in [0.3, 0.4) is 0 Å². The van der Waals surface area contributed by atoms with Gasteiger partial charge in [-0.2, -0.15) is 5.10 Å². The molecule has 0 atom stereocenters. The first kappa shape index (κ1) is 11.4. The maximum Gasteiger partial charge on any atom is 0.162 e. The van der Waals surface area contributed by atoms with Gasteiger partial charge in [-0.3, -0.25) is 0 Å². The minimum absolute atomic E-state index is 0.527. The number of rotatable bonds is 3. The first-order valence-electron chi connectivity index (χ1n) is 5.77. The molecule has 0 aliphatic carbocycles. The quantitative estimate of drug-likeness (QED) is 0.546. The molecule has 0 saturated heterocycles. The van der Waals surface area contributed by atoms with Crippen molar-refractivity contribution in [3.8, 4) is 16.9 Å². The predicted molar refractivity (Wildman–Crippen MR) is 72.4 cm³/mol.